The number of carbonyl (C=O) groups is 2. The highest BCUT2D eigenvalue weighted by Crippen LogP contribution is 2.32. The fourth-order valence-electron chi connectivity index (χ4n) is 2.71. The second-order valence-corrected chi connectivity index (χ2v) is 5.03. The summed E-state index contributed by atoms with van der Waals surface area (Å²) in [6.45, 7) is 0. The number of nitrogens with one attached hydrogen (secondary N) is 1. The van der Waals surface area contributed by atoms with Crippen molar-refractivity contribution in [1.82, 2.24) is 0 Å². The van der Waals surface area contributed by atoms with Gasteiger partial charge in [0.25, 0.3) is 0 Å². The lowest BCUT2D eigenvalue weighted by Gasteiger charge is -2.27. The van der Waals surface area contributed by atoms with Crippen LogP contribution in [0.2, 0.25) is 0 Å². The molecule has 5 heteroatoms. The molecule has 1 aromatic carbocycles. The fraction of sp³-hybridized carbons (Fsp3) is 0.467. The quantitative estimate of drug-likeness (QED) is 0.886. The van der Waals surface area contributed by atoms with Gasteiger partial charge in [0.1, 0.15) is 5.75 Å². The predicted molar refractivity (Wildman–Crippen MR) is 74.7 cm³/mol. The molecule has 0 saturated heterocycles. The van der Waals surface area contributed by atoms with Gasteiger partial charge < -0.3 is 15.2 Å². The Bertz CT molecular complexity index is 500. The average molecular weight is 277 g/mol. The van der Waals surface area contributed by atoms with E-state index in [0.717, 1.165) is 12.8 Å². The molecule has 0 radical (unpaired) electrons. The number of para-hydroxylation sites is 2. The number of benzene rings is 1. The normalized spacial score (nSPS) is 22.1. The summed E-state index contributed by atoms with van der Waals surface area (Å²) in [5, 5.41) is 12.0. The molecule has 1 amide bonds. The van der Waals surface area contributed by atoms with Crippen molar-refractivity contribution in [1.29, 1.82) is 0 Å². The van der Waals surface area contributed by atoms with Crippen LogP contribution in [0.5, 0.6) is 5.75 Å². The van der Waals surface area contributed by atoms with Crippen molar-refractivity contribution in [2.75, 3.05) is 12.4 Å². The van der Waals surface area contributed by atoms with Crippen LogP contribution in [0.15, 0.2) is 24.3 Å². The molecule has 108 valence electrons. The van der Waals surface area contributed by atoms with E-state index in [2.05, 4.69) is 5.32 Å². The van der Waals surface area contributed by atoms with Gasteiger partial charge in [-0.15, -0.1) is 0 Å². The molecule has 20 heavy (non-hydrogen) atoms. The fourth-order valence-corrected chi connectivity index (χ4v) is 2.71. The van der Waals surface area contributed by atoms with Gasteiger partial charge >= 0.3 is 5.97 Å². The Morgan fingerprint density at radius 2 is 1.85 bits per heavy atom. The van der Waals surface area contributed by atoms with Gasteiger partial charge in [0.15, 0.2) is 0 Å². The summed E-state index contributed by atoms with van der Waals surface area (Å²) in [6.07, 6.45) is 2.96. The molecule has 2 atom stereocenters. The Morgan fingerprint density at radius 1 is 1.20 bits per heavy atom. The minimum absolute atomic E-state index is 0.235. The van der Waals surface area contributed by atoms with Gasteiger partial charge in [0.05, 0.1) is 24.6 Å². The predicted octanol–water partition coefficient (Wildman–Crippen LogP) is 2.52. The number of ether oxygens (including phenoxy) is 1. The molecule has 2 N–H and O–H groups in total. The summed E-state index contributed by atoms with van der Waals surface area (Å²) in [7, 11) is 1.53. The van der Waals surface area contributed by atoms with E-state index >= 15 is 0 Å². The SMILES string of the molecule is COc1ccccc1NC(=O)[C@@H]1CCCC[C@@H]1C(=O)O. The van der Waals surface area contributed by atoms with E-state index in [9.17, 15) is 14.7 Å². The van der Waals surface area contributed by atoms with Gasteiger partial charge in [-0.05, 0) is 25.0 Å². The maximum Gasteiger partial charge on any atom is 0.307 e. The lowest BCUT2D eigenvalue weighted by Crippen LogP contribution is -2.36. The van der Waals surface area contributed by atoms with Crippen molar-refractivity contribution in [2.24, 2.45) is 11.8 Å². The Morgan fingerprint density at radius 3 is 2.50 bits per heavy atom. The molecule has 1 fully saturated rings. The third-order valence-electron chi connectivity index (χ3n) is 3.78. The molecule has 1 aliphatic rings. The number of carbonyl (C=O) groups excluding carboxylic acids is 1. The Kier molecular flexibility index (Phi) is 4.61. The standard InChI is InChI=1S/C15H19NO4/c1-20-13-9-5-4-8-12(13)16-14(17)10-6-2-3-7-11(10)15(18)19/h4-5,8-11H,2-3,6-7H2,1H3,(H,16,17)(H,18,19)/t10-,11+/m1/s1. The van der Waals surface area contributed by atoms with Gasteiger partial charge in [-0.25, -0.2) is 0 Å². The highest BCUT2D eigenvalue weighted by molar-refractivity contribution is 5.96. The van der Waals surface area contributed by atoms with E-state index in [1.807, 2.05) is 6.07 Å². The molecule has 2 rings (SSSR count). The summed E-state index contributed by atoms with van der Waals surface area (Å²) in [4.78, 5) is 23.6. The Hall–Kier alpha value is -2.04. The van der Waals surface area contributed by atoms with E-state index in [-0.39, 0.29) is 5.91 Å². The number of hydrogen-bond acceptors (Lipinski definition) is 3. The molecule has 0 aromatic heterocycles. The number of carboxylic acid groups (broad SMARTS) is 1. The second-order valence-electron chi connectivity index (χ2n) is 5.03. The maximum absolute atomic E-state index is 12.3. The van der Waals surface area contributed by atoms with Crippen molar-refractivity contribution in [2.45, 2.75) is 25.7 Å². The number of rotatable bonds is 4. The van der Waals surface area contributed by atoms with Crippen molar-refractivity contribution >= 4 is 17.6 Å². The van der Waals surface area contributed by atoms with Crippen molar-refractivity contribution in [3.8, 4) is 5.75 Å². The van der Waals surface area contributed by atoms with Gasteiger partial charge in [0.2, 0.25) is 5.91 Å². The second kappa shape index (κ2) is 6.41. The third-order valence-corrected chi connectivity index (χ3v) is 3.78. The summed E-state index contributed by atoms with van der Waals surface area (Å²) in [6, 6.07) is 7.11. The molecule has 5 nitrogen and oxygen atoms in total. The molecule has 0 heterocycles. The van der Waals surface area contributed by atoms with E-state index in [0.29, 0.717) is 24.3 Å². The molecule has 1 saturated carbocycles. The number of methoxy groups -OCH3 is 1. The van der Waals surface area contributed by atoms with Crippen LogP contribution < -0.4 is 10.1 Å². The first-order valence-electron chi connectivity index (χ1n) is 6.80. The highest BCUT2D eigenvalue weighted by atomic mass is 16.5. The van der Waals surface area contributed by atoms with Crippen molar-refractivity contribution < 1.29 is 19.4 Å². The van der Waals surface area contributed by atoms with Crippen LogP contribution >= 0.6 is 0 Å². The van der Waals surface area contributed by atoms with Crippen LogP contribution in [0.25, 0.3) is 0 Å². The van der Waals surface area contributed by atoms with E-state index in [1.165, 1.54) is 7.11 Å². The molecular formula is C15H19NO4. The van der Waals surface area contributed by atoms with Crippen molar-refractivity contribution in [3.05, 3.63) is 24.3 Å². The maximum atomic E-state index is 12.3. The summed E-state index contributed by atoms with van der Waals surface area (Å²) in [5.74, 6) is -1.60. The lowest BCUT2D eigenvalue weighted by molar-refractivity contribution is -0.147. The van der Waals surface area contributed by atoms with Crippen LogP contribution in [0.4, 0.5) is 5.69 Å². The van der Waals surface area contributed by atoms with Crippen LogP contribution in [-0.4, -0.2) is 24.1 Å². The minimum Gasteiger partial charge on any atom is -0.495 e. The third kappa shape index (κ3) is 3.10. The first-order chi connectivity index (χ1) is 9.63. The van der Waals surface area contributed by atoms with Crippen LogP contribution in [0.3, 0.4) is 0 Å². The number of anilines is 1. The van der Waals surface area contributed by atoms with Crippen LogP contribution in [0, 0.1) is 11.8 Å². The monoisotopic (exact) mass is 277 g/mol. The first-order valence-corrected chi connectivity index (χ1v) is 6.80. The smallest absolute Gasteiger partial charge is 0.307 e. The number of hydrogen-bond donors (Lipinski definition) is 2. The molecule has 0 aliphatic heterocycles. The Balaban J connectivity index is 2.12. The van der Waals surface area contributed by atoms with Gasteiger partial charge in [-0.1, -0.05) is 25.0 Å². The molecule has 1 aliphatic carbocycles. The van der Waals surface area contributed by atoms with E-state index < -0.39 is 17.8 Å². The lowest BCUT2D eigenvalue weighted by atomic mass is 9.78. The average Bonchev–Trinajstić information content (AvgIpc) is 2.47. The number of carboxylic acids is 1. The summed E-state index contributed by atoms with van der Waals surface area (Å²) >= 11 is 0. The van der Waals surface area contributed by atoms with Gasteiger partial charge in [0, 0.05) is 0 Å². The van der Waals surface area contributed by atoms with Gasteiger partial charge in [-0.2, -0.15) is 0 Å². The molecule has 1 aromatic rings. The molecular weight excluding hydrogens is 258 g/mol. The molecule has 0 unspecified atom stereocenters. The summed E-state index contributed by atoms with van der Waals surface area (Å²) in [5.41, 5.74) is 0.578. The van der Waals surface area contributed by atoms with Crippen molar-refractivity contribution in [3.63, 3.8) is 0 Å². The van der Waals surface area contributed by atoms with E-state index in [1.54, 1.807) is 18.2 Å². The first kappa shape index (κ1) is 14.4. The zero-order valence-corrected chi connectivity index (χ0v) is 11.5. The summed E-state index contributed by atoms with van der Waals surface area (Å²) < 4.78 is 5.18. The zero-order valence-electron chi connectivity index (χ0n) is 11.5. The topological polar surface area (TPSA) is 75.6 Å². The van der Waals surface area contributed by atoms with E-state index in [4.69, 9.17) is 4.74 Å². The molecule has 0 spiro atoms. The minimum atomic E-state index is -0.884. The molecule has 0 bridgehead atoms. The zero-order chi connectivity index (χ0) is 14.5. The van der Waals surface area contributed by atoms with Crippen LogP contribution in [0.1, 0.15) is 25.7 Å². The largest absolute Gasteiger partial charge is 0.495 e. The van der Waals surface area contributed by atoms with Crippen LogP contribution in [-0.2, 0) is 9.59 Å². The highest BCUT2D eigenvalue weighted by Gasteiger charge is 2.35. The number of aliphatic carboxylic acids is 1. The van der Waals surface area contributed by atoms with Gasteiger partial charge in [-0.3, -0.25) is 9.59 Å². The number of amides is 1. The Labute approximate surface area is 117 Å².